The summed E-state index contributed by atoms with van der Waals surface area (Å²) in [6, 6.07) is 14.6. The Hall–Kier alpha value is -2.62. The number of amides is 1. The predicted octanol–water partition coefficient (Wildman–Crippen LogP) is 4.09. The smallest absolute Gasteiger partial charge is 0.337 e. The third-order valence-electron chi connectivity index (χ3n) is 4.02. The third kappa shape index (κ3) is 4.22. The van der Waals surface area contributed by atoms with E-state index in [0.29, 0.717) is 17.0 Å². The normalized spacial score (nSPS) is 11.9. The van der Waals surface area contributed by atoms with Gasteiger partial charge >= 0.3 is 5.97 Å². The van der Waals surface area contributed by atoms with Gasteiger partial charge in [-0.2, -0.15) is 0 Å². The van der Waals surface area contributed by atoms with Crippen LogP contribution < -0.4 is 5.32 Å². The second kappa shape index (κ2) is 7.77. The molecule has 2 aromatic carbocycles. The van der Waals surface area contributed by atoms with Crippen LogP contribution in [0.2, 0.25) is 0 Å². The number of ether oxygens (including phenoxy) is 1. The highest BCUT2D eigenvalue weighted by Gasteiger charge is 2.13. The summed E-state index contributed by atoms with van der Waals surface area (Å²) in [5.74, 6) is -0.107. The molecule has 4 heteroatoms. The molecule has 0 aliphatic carbocycles. The van der Waals surface area contributed by atoms with Crippen LogP contribution in [0.5, 0.6) is 0 Å². The van der Waals surface area contributed by atoms with Gasteiger partial charge in [0.25, 0.3) is 5.91 Å². The van der Waals surface area contributed by atoms with Crippen LogP contribution in [0.25, 0.3) is 0 Å². The first-order valence-corrected chi connectivity index (χ1v) is 8.01. The Morgan fingerprint density at radius 3 is 1.83 bits per heavy atom. The molecule has 0 bridgehead atoms. The van der Waals surface area contributed by atoms with Gasteiger partial charge in [-0.05, 0) is 48.2 Å². The monoisotopic (exact) mass is 325 g/mol. The molecule has 0 saturated heterocycles. The average Bonchev–Trinajstić information content (AvgIpc) is 2.61. The molecule has 0 aliphatic rings. The minimum absolute atomic E-state index is 0.0982. The fraction of sp³-hybridized carbons (Fsp3) is 0.300. The van der Waals surface area contributed by atoms with Gasteiger partial charge in [0, 0.05) is 5.56 Å². The van der Waals surface area contributed by atoms with E-state index in [9.17, 15) is 9.59 Å². The van der Waals surface area contributed by atoms with Gasteiger partial charge in [-0.15, -0.1) is 0 Å². The molecule has 0 fully saturated rings. The Bertz CT molecular complexity index is 703. The van der Waals surface area contributed by atoms with Gasteiger partial charge in [-0.25, -0.2) is 4.79 Å². The molecule has 0 radical (unpaired) electrons. The first-order valence-electron chi connectivity index (χ1n) is 8.01. The van der Waals surface area contributed by atoms with E-state index in [-0.39, 0.29) is 11.9 Å². The molecule has 4 nitrogen and oxygen atoms in total. The molecule has 0 aromatic heterocycles. The molecular weight excluding hydrogens is 302 g/mol. The lowest BCUT2D eigenvalue weighted by Crippen LogP contribution is -2.26. The van der Waals surface area contributed by atoms with E-state index in [1.165, 1.54) is 12.7 Å². The van der Waals surface area contributed by atoms with Crippen molar-refractivity contribution in [3.8, 4) is 0 Å². The summed E-state index contributed by atoms with van der Waals surface area (Å²) in [5, 5.41) is 2.97. The number of carbonyl (C=O) groups excluding carboxylic acids is 2. The number of hydrogen-bond donors (Lipinski definition) is 1. The molecule has 0 heterocycles. The minimum Gasteiger partial charge on any atom is -0.465 e. The maximum absolute atomic E-state index is 12.3. The van der Waals surface area contributed by atoms with Crippen LogP contribution in [0.4, 0.5) is 0 Å². The SMILES string of the molecule is COC(=O)c1ccc(C(=O)NC(C)c2ccc(C(C)C)cc2)cc1. The van der Waals surface area contributed by atoms with E-state index in [0.717, 1.165) is 5.56 Å². The Balaban J connectivity index is 2.04. The van der Waals surface area contributed by atoms with Gasteiger partial charge in [-0.1, -0.05) is 38.1 Å². The van der Waals surface area contributed by atoms with Crippen molar-refractivity contribution in [3.63, 3.8) is 0 Å². The molecule has 1 N–H and O–H groups in total. The molecule has 2 aromatic rings. The average molecular weight is 325 g/mol. The van der Waals surface area contributed by atoms with Crippen LogP contribution in [-0.4, -0.2) is 19.0 Å². The highest BCUT2D eigenvalue weighted by molar-refractivity contribution is 5.96. The van der Waals surface area contributed by atoms with Crippen molar-refractivity contribution in [1.29, 1.82) is 0 Å². The fourth-order valence-electron chi connectivity index (χ4n) is 2.41. The van der Waals surface area contributed by atoms with Crippen LogP contribution in [0.15, 0.2) is 48.5 Å². The van der Waals surface area contributed by atoms with Crippen LogP contribution >= 0.6 is 0 Å². The van der Waals surface area contributed by atoms with Crippen molar-refractivity contribution in [1.82, 2.24) is 5.32 Å². The van der Waals surface area contributed by atoms with E-state index in [4.69, 9.17) is 0 Å². The molecular formula is C20H23NO3. The highest BCUT2D eigenvalue weighted by atomic mass is 16.5. The van der Waals surface area contributed by atoms with Crippen molar-refractivity contribution in [2.75, 3.05) is 7.11 Å². The summed E-state index contributed by atoms with van der Waals surface area (Å²) >= 11 is 0. The molecule has 0 spiro atoms. The summed E-state index contributed by atoms with van der Waals surface area (Å²) in [6.45, 7) is 6.25. The summed E-state index contributed by atoms with van der Waals surface area (Å²) in [5.41, 5.74) is 3.26. The minimum atomic E-state index is -0.416. The third-order valence-corrected chi connectivity index (χ3v) is 4.02. The second-order valence-corrected chi connectivity index (χ2v) is 6.09. The number of nitrogens with one attached hydrogen (secondary N) is 1. The van der Waals surface area contributed by atoms with Crippen molar-refractivity contribution in [2.45, 2.75) is 32.7 Å². The largest absolute Gasteiger partial charge is 0.465 e. The van der Waals surface area contributed by atoms with E-state index >= 15 is 0 Å². The lowest BCUT2D eigenvalue weighted by Gasteiger charge is -2.15. The second-order valence-electron chi connectivity index (χ2n) is 6.09. The lowest BCUT2D eigenvalue weighted by molar-refractivity contribution is 0.0600. The quantitative estimate of drug-likeness (QED) is 0.843. The maximum atomic E-state index is 12.3. The molecule has 24 heavy (non-hydrogen) atoms. The number of esters is 1. The van der Waals surface area contributed by atoms with Gasteiger partial charge in [0.1, 0.15) is 0 Å². The van der Waals surface area contributed by atoms with Crippen LogP contribution in [0, 0.1) is 0 Å². The zero-order valence-electron chi connectivity index (χ0n) is 14.5. The van der Waals surface area contributed by atoms with Crippen molar-refractivity contribution in [2.24, 2.45) is 0 Å². The predicted molar refractivity (Wildman–Crippen MR) is 94.2 cm³/mol. The van der Waals surface area contributed by atoms with Crippen LogP contribution in [-0.2, 0) is 4.74 Å². The number of benzene rings is 2. The zero-order valence-corrected chi connectivity index (χ0v) is 14.5. The number of hydrogen-bond acceptors (Lipinski definition) is 3. The topological polar surface area (TPSA) is 55.4 Å². The van der Waals surface area contributed by atoms with Gasteiger partial charge in [-0.3, -0.25) is 4.79 Å². The molecule has 0 saturated carbocycles. The maximum Gasteiger partial charge on any atom is 0.337 e. The first-order chi connectivity index (χ1) is 11.4. The fourth-order valence-corrected chi connectivity index (χ4v) is 2.41. The molecule has 1 unspecified atom stereocenters. The Labute approximate surface area is 142 Å². The van der Waals surface area contributed by atoms with E-state index < -0.39 is 5.97 Å². The lowest BCUT2D eigenvalue weighted by atomic mass is 9.99. The van der Waals surface area contributed by atoms with E-state index in [1.54, 1.807) is 24.3 Å². The standard InChI is InChI=1S/C20H23NO3/c1-13(2)15-5-7-16(8-6-15)14(3)21-19(22)17-9-11-18(12-10-17)20(23)24-4/h5-14H,1-4H3,(H,21,22). The van der Waals surface area contributed by atoms with Gasteiger partial charge in [0.2, 0.25) is 0 Å². The Kier molecular flexibility index (Phi) is 5.74. The number of carbonyl (C=O) groups is 2. The highest BCUT2D eigenvalue weighted by Crippen LogP contribution is 2.19. The van der Waals surface area contributed by atoms with Crippen molar-refractivity contribution >= 4 is 11.9 Å². The summed E-state index contributed by atoms with van der Waals surface area (Å²) in [4.78, 5) is 23.7. The summed E-state index contributed by atoms with van der Waals surface area (Å²) in [7, 11) is 1.33. The molecule has 1 atom stereocenters. The number of rotatable bonds is 5. The van der Waals surface area contributed by atoms with Gasteiger partial charge in [0.05, 0.1) is 18.7 Å². The zero-order chi connectivity index (χ0) is 17.7. The van der Waals surface area contributed by atoms with Crippen LogP contribution in [0.1, 0.15) is 64.6 Å². The molecule has 0 aliphatic heterocycles. The van der Waals surface area contributed by atoms with E-state index in [1.807, 2.05) is 19.1 Å². The Morgan fingerprint density at radius 1 is 0.833 bits per heavy atom. The summed E-state index contributed by atoms with van der Waals surface area (Å²) in [6.07, 6.45) is 0. The molecule has 1 amide bonds. The Morgan fingerprint density at radius 2 is 1.33 bits per heavy atom. The van der Waals surface area contributed by atoms with Crippen molar-refractivity contribution < 1.29 is 14.3 Å². The van der Waals surface area contributed by atoms with Gasteiger partial charge in [0.15, 0.2) is 0 Å². The van der Waals surface area contributed by atoms with Crippen molar-refractivity contribution in [3.05, 3.63) is 70.8 Å². The van der Waals surface area contributed by atoms with Crippen LogP contribution in [0.3, 0.4) is 0 Å². The number of methoxy groups -OCH3 is 1. The first kappa shape index (κ1) is 17.7. The molecule has 2 rings (SSSR count). The summed E-state index contributed by atoms with van der Waals surface area (Å²) < 4.78 is 4.65. The van der Waals surface area contributed by atoms with Gasteiger partial charge < -0.3 is 10.1 Å². The molecule has 126 valence electrons. The van der Waals surface area contributed by atoms with E-state index in [2.05, 4.69) is 36.0 Å².